The van der Waals surface area contributed by atoms with E-state index < -0.39 is 0 Å². The van der Waals surface area contributed by atoms with Crippen molar-refractivity contribution in [2.45, 2.75) is 40.8 Å². The molecule has 0 radical (unpaired) electrons. The number of carbonyl (C=O) groups is 1. The zero-order valence-corrected chi connectivity index (χ0v) is 22.0. The molecule has 6 heteroatoms. The van der Waals surface area contributed by atoms with Gasteiger partial charge in [-0.3, -0.25) is 4.79 Å². The Morgan fingerprint density at radius 1 is 0.973 bits per heavy atom. The Morgan fingerprint density at radius 3 is 2.32 bits per heavy atom. The summed E-state index contributed by atoms with van der Waals surface area (Å²) in [5.74, 6) is -0.208. The molecular formula is C31H34FN3O2. The summed E-state index contributed by atoms with van der Waals surface area (Å²) >= 11 is 0. The van der Waals surface area contributed by atoms with Crippen molar-refractivity contribution < 1.29 is 13.9 Å². The van der Waals surface area contributed by atoms with Crippen LogP contribution >= 0.6 is 0 Å². The predicted octanol–water partition coefficient (Wildman–Crippen LogP) is 6.15. The van der Waals surface area contributed by atoms with E-state index in [0.717, 1.165) is 33.4 Å². The second-order valence-corrected chi connectivity index (χ2v) is 9.97. The van der Waals surface area contributed by atoms with E-state index in [1.807, 2.05) is 29.2 Å². The van der Waals surface area contributed by atoms with Crippen LogP contribution in [-0.4, -0.2) is 41.7 Å². The van der Waals surface area contributed by atoms with Gasteiger partial charge in [-0.25, -0.2) is 4.39 Å². The van der Waals surface area contributed by atoms with Crippen molar-refractivity contribution in [1.82, 2.24) is 9.47 Å². The molecule has 1 aromatic heterocycles. The van der Waals surface area contributed by atoms with E-state index >= 15 is 0 Å². The van der Waals surface area contributed by atoms with Gasteiger partial charge in [-0.15, -0.1) is 0 Å². The van der Waals surface area contributed by atoms with Crippen LogP contribution in [0.2, 0.25) is 0 Å². The molecule has 5 rings (SSSR count). The number of fused-ring (bicyclic) bond motifs is 1. The second-order valence-electron chi connectivity index (χ2n) is 9.97. The summed E-state index contributed by atoms with van der Waals surface area (Å²) < 4.78 is 21.3. The van der Waals surface area contributed by atoms with E-state index in [1.165, 1.54) is 28.8 Å². The van der Waals surface area contributed by atoms with Crippen molar-refractivity contribution in [3.63, 3.8) is 0 Å². The van der Waals surface area contributed by atoms with Gasteiger partial charge in [0.15, 0.2) is 0 Å². The number of halogens is 1. The summed E-state index contributed by atoms with van der Waals surface area (Å²) in [4.78, 5) is 15.4. The number of benzene rings is 3. The van der Waals surface area contributed by atoms with Gasteiger partial charge in [0.1, 0.15) is 5.82 Å². The van der Waals surface area contributed by atoms with E-state index in [0.29, 0.717) is 45.0 Å². The average molecular weight is 500 g/mol. The summed E-state index contributed by atoms with van der Waals surface area (Å²) in [6.07, 6.45) is 0. The molecule has 1 saturated heterocycles. The topological polar surface area (TPSA) is 46.5 Å². The van der Waals surface area contributed by atoms with Crippen molar-refractivity contribution >= 4 is 22.5 Å². The van der Waals surface area contributed by atoms with Gasteiger partial charge < -0.3 is 19.5 Å². The number of ether oxygens (including phenoxy) is 1. The molecule has 1 aliphatic heterocycles. The lowest BCUT2D eigenvalue weighted by Crippen LogP contribution is -2.40. The second kappa shape index (κ2) is 10.4. The minimum absolute atomic E-state index is 0.0312. The van der Waals surface area contributed by atoms with Crippen molar-refractivity contribution in [2.75, 3.05) is 31.6 Å². The zero-order chi connectivity index (χ0) is 26.1. The minimum Gasteiger partial charge on any atom is -0.379 e. The van der Waals surface area contributed by atoms with Gasteiger partial charge in [0, 0.05) is 42.8 Å². The van der Waals surface area contributed by atoms with E-state index in [-0.39, 0.29) is 11.7 Å². The standard InChI is InChI=1S/C31H34FN3O2/c1-20-6-5-7-21(2)28(20)18-33-29-17-25(31(36)34-12-14-37-15-13-34)16-27-22(3)23(4)35(30(27)29)19-24-8-10-26(32)11-9-24/h5-11,16-17,33H,12-15,18-19H2,1-4H3. The molecule has 0 bridgehead atoms. The highest BCUT2D eigenvalue weighted by atomic mass is 19.1. The summed E-state index contributed by atoms with van der Waals surface area (Å²) in [7, 11) is 0. The fourth-order valence-electron chi connectivity index (χ4n) is 5.26. The number of carbonyl (C=O) groups excluding carboxylic acids is 1. The van der Waals surface area contributed by atoms with Crippen LogP contribution < -0.4 is 5.32 Å². The van der Waals surface area contributed by atoms with Crippen LogP contribution in [0.4, 0.5) is 10.1 Å². The lowest BCUT2D eigenvalue weighted by molar-refractivity contribution is 0.0303. The Bertz CT molecular complexity index is 1430. The third kappa shape index (κ3) is 4.98. The molecular weight excluding hydrogens is 465 g/mol. The van der Waals surface area contributed by atoms with Gasteiger partial charge >= 0.3 is 0 Å². The normalized spacial score (nSPS) is 13.8. The number of hydrogen-bond donors (Lipinski definition) is 1. The fraction of sp³-hybridized carbons (Fsp3) is 0.323. The molecule has 0 unspecified atom stereocenters. The maximum Gasteiger partial charge on any atom is 0.254 e. The molecule has 4 aromatic rings. The smallest absolute Gasteiger partial charge is 0.254 e. The third-order valence-electron chi connectivity index (χ3n) is 7.63. The first-order valence-corrected chi connectivity index (χ1v) is 12.9. The van der Waals surface area contributed by atoms with Crippen LogP contribution in [0.15, 0.2) is 54.6 Å². The number of anilines is 1. The molecule has 1 aliphatic rings. The van der Waals surface area contributed by atoms with Crippen molar-refractivity contribution in [2.24, 2.45) is 0 Å². The van der Waals surface area contributed by atoms with Crippen LogP contribution in [0.3, 0.4) is 0 Å². The molecule has 5 nitrogen and oxygen atoms in total. The molecule has 2 heterocycles. The first kappa shape index (κ1) is 25.0. The summed E-state index contributed by atoms with van der Waals surface area (Å²) in [5.41, 5.74) is 9.69. The van der Waals surface area contributed by atoms with E-state index in [4.69, 9.17) is 4.74 Å². The number of amides is 1. The van der Waals surface area contributed by atoms with Crippen LogP contribution in [0.1, 0.15) is 43.9 Å². The molecule has 0 saturated carbocycles. The number of nitrogens with zero attached hydrogens (tertiary/aromatic N) is 2. The highest BCUT2D eigenvalue weighted by Gasteiger charge is 2.23. The van der Waals surface area contributed by atoms with Crippen molar-refractivity contribution in [3.05, 3.63) is 99.5 Å². The summed E-state index contributed by atoms with van der Waals surface area (Å²) in [5, 5.41) is 4.74. The van der Waals surface area contributed by atoms with E-state index in [2.05, 4.69) is 55.8 Å². The first-order valence-electron chi connectivity index (χ1n) is 12.9. The van der Waals surface area contributed by atoms with Crippen molar-refractivity contribution in [3.8, 4) is 0 Å². The molecule has 0 spiro atoms. The molecule has 0 atom stereocenters. The summed E-state index contributed by atoms with van der Waals surface area (Å²) in [6.45, 7) is 12.1. The van der Waals surface area contributed by atoms with Crippen molar-refractivity contribution in [1.29, 1.82) is 0 Å². The SMILES string of the molecule is Cc1cccc(C)c1CNc1cc(C(=O)N2CCOCC2)cc2c(C)c(C)n(Cc3ccc(F)cc3)c12. The number of aryl methyl sites for hydroxylation is 3. The third-order valence-corrected chi connectivity index (χ3v) is 7.63. The van der Waals surface area contributed by atoms with Crippen LogP contribution in [0.5, 0.6) is 0 Å². The van der Waals surface area contributed by atoms with Gasteiger partial charge in [-0.05, 0) is 79.8 Å². The fourth-order valence-corrected chi connectivity index (χ4v) is 5.26. The molecule has 1 fully saturated rings. The number of rotatable bonds is 6. The van der Waals surface area contributed by atoms with E-state index in [9.17, 15) is 9.18 Å². The average Bonchev–Trinajstić information content (AvgIpc) is 3.14. The van der Waals surface area contributed by atoms with Gasteiger partial charge in [0.25, 0.3) is 5.91 Å². The highest BCUT2D eigenvalue weighted by molar-refractivity contribution is 6.04. The van der Waals surface area contributed by atoms with Crippen LogP contribution in [-0.2, 0) is 17.8 Å². The van der Waals surface area contributed by atoms with Crippen LogP contribution in [0.25, 0.3) is 10.9 Å². The molecule has 37 heavy (non-hydrogen) atoms. The van der Waals surface area contributed by atoms with E-state index in [1.54, 1.807) is 0 Å². The highest BCUT2D eigenvalue weighted by Crippen LogP contribution is 2.34. The Balaban J connectivity index is 1.61. The monoisotopic (exact) mass is 499 g/mol. The lowest BCUT2D eigenvalue weighted by Gasteiger charge is -2.27. The Kier molecular flexibility index (Phi) is 7.02. The number of hydrogen-bond acceptors (Lipinski definition) is 3. The molecule has 1 amide bonds. The molecule has 0 aliphatic carbocycles. The first-order chi connectivity index (χ1) is 17.8. The Morgan fingerprint density at radius 2 is 1.65 bits per heavy atom. The quantitative estimate of drug-likeness (QED) is 0.346. The zero-order valence-electron chi connectivity index (χ0n) is 22.0. The molecule has 3 aromatic carbocycles. The number of aromatic nitrogens is 1. The summed E-state index contributed by atoms with van der Waals surface area (Å²) in [6, 6.07) is 17.0. The van der Waals surface area contributed by atoms with Crippen LogP contribution in [0, 0.1) is 33.5 Å². The Labute approximate surface area is 217 Å². The van der Waals surface area contributed by atoms with Gasteiger partial charge in [-0.1, -0.05) is 30.3 Å². The molecule has 192 valence electrons. The largest absolute Gasteiger partial charge is 0.379 e. The Hall–Kier alpha value is -3.64. The lowest BCUT2D eigenvalue weighted by atomic mass is 10.0. The maximum absolute atomic E-state index is 13.6. The van der Waals surface area contributed by atoms with Gasteiger partial charge in [0.2, 0.25) is 0 Å². The number of morpholine rings is 1. The molecule has 1 N–H and O–H groups in total. The maximum atomic E-state index is 13.6. The predicted molar refractivity (Wildman–Crippen MR) is 147 cm³/mol. The number of nitrogens with one attached hydrogen (secondary N) is 1. The minimum atomic E-state index is -0.240. The van der Waals surface area contributed by atoms with Gasteiger partial charge in [0.05, 0.1) is 24.4 Å². The van der Waals surface area contributed by atoms with Gasteiger partial charge in [-0.2, -0.15) is 0 Å².